The van der Waals surface area contributed by atoms with Crippen LogP contribution >= 0.6 is 0 Å². The van der Waals surface area contributed by atoms with E-state index in [9.17, 15) is 4.79 Å². The predicted molar refractivity (Wildman–Crippen MR) is 124 cm³/mol. The van der Waals surface area contributed by atoms with Gasteiger partial charge in [0.25, 0.3) is 0 Å². The van der Waals surface area contributed by atoms with E-state index in [2.05, 4.69) is 86.6 Å². The first-order valence-corrected chi connectivity index (χ1v) is 10.2. The van der Waals surface area contributed by atoms with Crippen LogP contribution in [-0.2, 0) is 17.8 Å². The Balaban J connectivity index is 1.96. The number of amides is 1. The molecule has 150 valence electrons. The summed E-state index contributed by atoms with van der Waals surface area (Å²) in [6.45, 7) is 4.38. The van der Waals surface area contributed by atoms with Crippen LogP contribution in [0.2, 0.25) is 0 Å². The van der Waals surface area contributed by atoms with Gasteiger partial charge in [-0.15, -0.1) is 0 Å². The van der Waals surface area contributed by atoms with Gasteiger partial charge in [0.05, 0.1) is 6.54 Å². The third-order valence-corrected chi connectivity index (χ3v) is 5.15. The van der Waals surface area contributed by atoms with E-state index in [4.69, 9.17) is 0 Å². The summed E-state index contributed by atoms with van der Waals surface area (Å²) in [7, 11) is 4.12. The number of aryl methyl sites for hydroxylation is 1. The molecular weight excluding hydrogens is 356 g/mol. The minimum Gasteiger partial charge on any atom is -0.377 e. The average Bonchev–Trinajstić information content (AvgIpc) is 2.73. The van der Waals surface area contributed by atoms with Gasteiger partial charge in [0.2, 0.25) is 5.91 Å². The molecule has 3 aromatic rings. The van der Waals surface area contributed by atoms with E-state index in [1.165, 1.54) is 16.8 Å². The number of hydrogen-bond acceptors (Lipinski definition) is 2. The smallest absolute Gasteiger partial charge is 0.224 e. The van der Waals surface area contributed by atoms with Crippen molar-refractivity contribution in [3.63, 3.8) is 0 Å². The fourth-order valence-corrected chi connectivity index (χ4v) is 3.75. The van der Waals surface area contributed by atoms with E-state index in [1.807, 2.05) is 17.0 Å². The van der Waals surface area contributed by atoms with Crippen molar-refractivity contribution in [3.05, 3.63) is 83.9 Å². The molecule has 0 fully saturated rings. The molecule has 1 amide bonds. The van der Waals surface area contributed by atoms with E-state index in [0.717, 1.165) is 29.7 Å². The molecule has 0 N–H and O–H groups in total. The number of hydrogen-bond donors (Lipinski definition) is 0. The van der Waals surface area contributed by atoms with Gasteiger partial charge in [-0.2, -0.15) is 0 Å². The van der Waals surface area contributed by atoms with Crippen molar-refractivity contribution in [2.24, 2.45) is 0 Å². The van der Waals surface area contributed by atoms with Crippen molar-refractivity contribution < 1.29 is 4.79 Å². The van der Waals surface area contributed by atoms with Crippen LogP contribution in [-0.4, -0.2) is 20.0 Å². The summed E-state index contributed by atoms with van der Waals surface area (Å²) in [4.78, 5) is 16.5. The molecule has 0 aliphatic carbocycles. The second kappa shape index (κ2) is 9.42. The van der Waals surface area contributed by atoms with E-state index in [0.29, 0.717) is 6.54 Å². The van der Waals surface area contributed by atoms with Crippen molar-refractivity contribution in [1.82, 2.24) is 0 Å². The Hall–Kier alpha value is -3.07. The van der Waals surface area contributed by atoms with Crippen LogP contribution in [0.3, 0.4) is 0 Å². The molecule has 0 bridgehead atoms. The molecule has 3 heteroatoms. The van der Waals surface area contributed by atoms with Gasteiger partial charge in [-0.05, 0) is 41.3 Å². The highest BCUT2D eigenvalue weighted by Gasteiger charge is 2.16. The second-order valence-corrected chi connectivity index (χ2v) is 7.60. The van der Waals surface area contributed by atoms with Gasteiger partial charge >= 0.3 is 0 Å². The van der Waals surface area contributed by atoms with Crippen LogP contribution in [0, 0.1) is 0 Å². The number of anilines is 2. The summed E-state index contributed by atoms with van der Waals surface area (Å²) in [6.07, 6.45) is 2.02. The highest BCUT2D eigenvalue weighted by molar-refractivity contribution is 5.92. The molecule has 3 rings (SSSR count). The number of nitrogens with zero attached hydrogens (tertiary/aromatic N) is 2. The summed E-state index contributed by atoms with van der Waals surface area (Å²) in [5, 5.41) is 0. The zero-order valence-corrected chi connectivity index (χ0v) is 17.9. The normalized spacial score (nSPS) is 10.6. The van der Waals surface area contributed by atoms with E-state index < -0.39 is 0 Å². The van der Waals surface area contributed by atoms with E-state index in [-0.39, 0.29) is 5.91 Å². The van der Waals surface area contributed by atoms with Gasteiger partial charge < -0.3 is 9.80 Å². The molecule has 0 atom stereocenters. The van der Waals surface area contributed by atoms with Gasteiger partial charge in [-0.25, -0.2) is 0 Å². The third-order valence-electron chi connectivity index (χ3n) is 5.15. The SMILES string of the molecule is CCCc1ccccc1N(Cc1cccc(-c2ccccc2N(C)C)c1)C(C)=O. The zero-order valence-electron chi connectivity index (χ0n) is 17.9. The first-order valence-electron chi connectivity index (χ1n) is 10.2. The molecule has 0 aliphatic rings. The maximum absolute atomic E-state index is 12.5. The Morgan fingerprint density at radius 2 is 1.55 bits per heavy atom. The minimum atomic E-state index is 0.0626. The van der Waals surface area contributed by atoms with Crippen molar-refractivity contribution >= 4 is 17.3 Å². The topological polar surface area (TPSA) is 23.6 Å². The molecule has 0 radical (unpaired) electrons. The molecule has 0 aromatic heterocycles. The summed E-state index contributed by atoms with van der Waals surface area (Å²) in [5.41, 5.74) is 6.90. The lowest BCUT2D eigenvalue weighted by molar-refractivity contribution is -0.116. The van der Waals surface area contributed by atoms with Gasteiger partial charge in [0.15, 0.2) is 0 Å². The number of rotatable bonds is 7. The Bertz CT molecular complexity index is 978. The van der Waals surface area contributed by atoms with Crippen LogP contribution < -0.4 is 9.80 Å². The maximum Gasteiger partial charge on any atom is 0.224 e. The molecule has 3 nitrogen and oxygen atoms in total. The predicted octanol–water partition coefficient (Wildman–Crippen LogP) is 5.93. The summed E-state index contributed by atoms with van der Waals surface area (Å²) >= 11 is 0. The van der Waals surface area contributed by atoms with Crippen LogP contribution in [0.4, 0.5) is 11.4 Å². The lowest BCUT2D eigenvalue weighted by Gasteiger charge is -2.25. The minimum absolute atomic E-state index is 0.0626. The Morgan fingerprint density at radius 3 is 2.24 bits per heavy atom. The number of para-hydroxylation sites is 2. The van der Waals surface area contributed by atoms with Gasteiger partial charge in [-0.3, -0.25) is 4.79 Å². The summed E-state index contributed by atoms with van der Waals surface area (Å²) < 4.78 is 0. The first kappa shape index (κ1) is 20.7. The molecular formula is C26H30N2O. The maximum atomic E-state index is 12.5. The standard InChI is InChI=1S/C26H30N2O/c1-5-11-22-13-6-8-16-25(22)28(20(2)29)19-21-12-10-14-23(18-21)24-15-7-9-17-26(24)27(3)4/h6-10,12-18H,5,11,19H2,1-4H3. The molecule has 29 heavy (non-hydrogen) atoms. The Kier molecular flexibility index (Phi) is 6.71. The molecule has 0 heterocycles. The number of carbonyl (C=O) groups excluding carboxylic acids is 1. The van der Waals surface area contributed by atoms with Gasteiger partial charge in [0, 0.05) is 38.0 Å². The Morgan fingerprint density at radius 1 is 0.862 bits per heavy atom. The van der Waals surface area contributed by atoms with Crippen molar-refractivity contribution in [1.29, 1.82) is 0 Å². The lowest BCUT2D eigenvalue weighted by Crippen LogP contribution is -2.28. The molecule has 0 unspecified atom stereocenters. The third kappa shape index (κ3) is 4.86. The number of benzene rings is 3. The molecule has 0 aliphatic heterocycles. The molecule has 0 saturated heterocycles. The first-order chi connectivity index (χ1) is 14.0. The Labute approximate surface area is 174 Å². The monoisotopic (exact) mass is 386 g/mol. The average molecular weight is 387 g/mol. The zero-order chi connectivity index (χ0) is 20.8. The van der Waals surface area contributed by atoms with Gasteiger partial charge in [0.1, 0.15) is 0 Å². The fraction of sp³-hybridized carbons (Fsp3) is 0.269. The van der Waals surface area contributed by atoms with Crippen molar-refractivity contribution in [2.45, 2.75) is 33.2 Å². The van der Waals surface area contributed by atoms with Crippen molar-refractivity contribution in [2.75, 3.05) is 23.9 Å². The second-order valence-electron chi connectivity index (χ2n) is 7.60. The highest BCUT2D eigenvalue weighted by atomic mass is 16.2. The summed E-state index contributed by atoms with van der Waals surface area (Å²) in [6, 6.07) is 25.1. The van der Waals surface area contributed by atoms with Crippen LogP contribution in [0.15, 0.2) is 72.8 Å². The van der Waals surface area contributed by atoms with Crippen LogP contribution in [0.5, 0.6) is 0 Å². The van der Waals surface area contributed by atoms with E-state index >= 15 is 0 Å². The highest BCUT2D eigenvalue weighted by Crippen LogP contribution is 2.31. The lowest BCUT2D eigenvalue weighted by atomic mass is 10.00. The molecule has 3 aromatic carbocycles. The molecule has 0 spiro atoms. The van der Waals surface area contributed by atoms with E-state index in [1.54, 1.807) is 6.92 Å². The fourth-order valence-electron chi connectivity index (χ4n) is 3.75. The van der Waals surface area contributed by atoms with Gasteiger partial charge in [-0.1, -0.05) is 67.9 Å². The largest absolute Gasteiger partial charge is 0.377 e. The summed E-state index contributed by atoms with van der Waals surface area (Å²) in [5.74, 6) is 0.0626. The van der Waals surface area contributed by atoms with Crippen molar-refractivity contribution in [3.8, 4) is 11.1 Å². The number of carbonyl (C=O) groups is 1. The quantitative estimate of drug-likeness (QED) is 0.503. The van der Waals surface area contributed by atoms with Crippen LogP contribution in [0.1, 0.15) is 31.4 Å². The molecule has 0 saturated carbocycles. The van der Waals surface area contributed by atoms with Crippen LogP contribution in [0.25, 0.3) is 11.1 Å².